The molecule has 3 atom stereocenters. The first kappa shape index (κ1) is 29.0. The number of pyridine rings is 1. The summed E-state index contributed by atoms with van der Waals surface area (Å²) >= 11 is 0. The van der Waals surface area contributed by atoms with Gasteiger partial charge in [0.15, 0.2) is 0 Å². The van der Waals surface area contributed by atoms with E-state index in [0.717, 1.165) is 0 Å². The highest BCUT2D eigenvalue weighted by molar-refractivity contribution is 5.89. The van der Waals surface area contributed by atoms with Gasteiger partial charge in [-0.05, 0) is 31.5 Å². The molecule has 40 heavy (non-hydrogen) atoms. The average Bonchev–Trinajstić information content (AvgIpc) is 3.41. The standard InChI is InChI=1S/C28H37N7O5/c1-20-15-35(21(2)18-36)27(37)11-7-13-34-16-23(31-32-34)19-39-25(20)17-33(3)28(38)30-22-8-6-9-24(14-22)40-26-10-4-5-12-29-26/h4-6,8-10,12,14,16,20-21,25,36H,7,11,13,15,17-19H2,1-3H3,(H,30,38)/t20-,21+,25-/m0/s1. The molecule has 214 valence electrons. The number of amides is 3. The van der Waals surface area contributed by atoms with Crippen LogP contribution < -0.4 is 10.1 Å². The summed E-state index contributed by atoms with van der Waals surface area (Å²) in [4.78, 5) is 33.6. The Balaban J connectivity index is 1.44. The Morgan fingerprint density at radius 3 is 2.92 bits per heavy atom. The Morgan fingerprint density at radius 1 is 1.30 bits per heavy atom. The molecule has 12 nitrogen and oxygen atoms in total. The number of nitrogens with zero attached hydrogens (tertiary/aromatic N) is 6. The number of nitrogens with one attached hydrogen (secondary N) is 1. The lowest BCUT2D eigenvalue weighted by molar-refractivity contribution is -0.136. The van der Waals surface area contributed by atoms with Gasteiger partial charge in [-0.3, -0.25) is 9.48 Å². The van der Waals surface area contributed by atoms with Crippen LogP contribution in [-0.2, 0) is 22.7 Å². The Hall–Kier alpha value is -4.03. The number of rotatable bonds is 7. The van der Waals surface area contributed by atoms with Crippen molar-refractivity contribution in [3.63, 3.8) is 0 Å². The van der Waals surface area contributed by atoms with Crippen LogP contribution in [0.15, 0.2) is 54.9 Å². The van der Waals surface area contributed by atoms with Crippen LogP contribution in [-0.4, -0.2) is 85.7 Å². The molecule has 3 amide bonds. The molecule has 2 bridgehead atoms. The van der Waals surface area contributed by atoms with E-state index >= 15 is 0 Å². The van der Waals surface area contributed by atoms with Crippen LogP contribution in [0.1, 0.15) is 32.4 Å². The van der Waals surface area contributed by atoms with Crippen LogP contribution in [0.5, 0.6) is 11.6 Å². The number of benzene rings is 1. The maximum Gasteiger partial charge on any atom is 0.321 e. The number of carbonyl (C=O) groups excluding carboxylic acids is 2. The van der Waals surface area contributed by atoms with E-state index in [1.54, 1.807) is 64.1 Å². The highest BCUT2D eigenvalue weighted by Gasteiger charge is 2.29. The molecule has 0 aliphatic carbocycles. The van der Waals surface area contributed by atoms with Gasteiger partial charge in [0, 0.05) is 63.0 Å². The lowest BCUT2D eigenvalue weighted by atomic mass is 10.0. The first-order chi connectivity index (χ1) is 19.3. The van der Waals surface area contributed by atoms with Crippen molar-refractivity contribution in [2.75, 3.05) is 32.1 Å². The fourth-order valence-corrected chi connectivity index (χ4v) is 4.43. The zero-order chi connectivity index (χ0) is 28.5. The Morgan fingerprint density at radius 2 is 2.15 bits per heavy atom. The SMILES string of the molecule is C[C@H](CO)N1C[C@H](C)[C@H](CN(C)C(=O)Nc2cccc(Oc3ccccn3)c2)OCc2cn(nn2)CCCC1=O. The molecule has 4 rings (SSSR count). The number of hydrogen-bond donors (Lipinski definition) is 2. The molecule has 2 aromatic heterocycles. The largest absolute Gasteiger partial charge is 0.439 e. The third kappa shape index (κ3) is 7.99. The number of likely N-dealkylation sites (N-methyl/N-ethyl adjacent to an activating group) is 1. The van der Waals surface area contributed by atoms with Gasteiger partial charge >= 0.3 is 6.03 Å². The van der Waals surface area contributed by atoms with Crippen molar-refractivity contribution in [3.05, 3.63) is 60.6 Å². The number of aliphatic hydroxyl groups excluding tert-OH is 1. The minimum absolute atomic E-state index is 0.0364. The Bertz CT molecular complexity index is 1250. The topological polar surface area (TPSA) is 135 Å². The lowest BCUT2D eigenvalue weighted by Gasteiger charge is -2.35. The smallest absolute Gasteiger partial charge is 0.321 e. The molecule has 2 N–H and O–H groups in total. The molecule has 0 saturated carbocycles. The molecule has 0 saturated heterocycles. The van der Waals surface area contributed by atoms with Crippen LogP contribution in [0.2, 0.25) is 0 Å². The highest BCUT2D eigenvalue weighted by Crippen LogP contribution is 2.23. The van der Waals surface area contributed by atoms with E-state index in [4.69, 9.17) is 9.47 Å². The summed E-state index contributed by atoms with van der Waals surface area (Å²) in [6, 6.07) is 11.8. The first-order valence-corrected chi connectivity index (χ1v) is 13.4. The van der Waals surface area contributed by atoms with Crippen molar-refractivity contribution >= 4 is 17.6 Å². The van der Waals surface area contributed by atoms with Gasteiger partial charge in [-0.1, -0.05) is 24.3 Å². The third-order valence-electron chi connectivity index (χ3n) is 6.79. The summed E-state index contributed by atoms with van der Waals surface area (Å²) in [5.74, 6) is 0.822. The van der Waals surface area contributed by atoms with E-state index in [1.807, 2.05) is 26.1 Å². The van der Waals surface area contributed by atoms with Crippen LogP contribution in [0.25, 0.3) is 0 Å². The number of hydrogen-bond acceptors (Lipinski definition) is 8. The molecule has 0 radical (unpaired) electrons. The fraction of sp³-hybridized carbons (Fsp3) is 0.464. The number of anilines is 1. The van der Waals surface area contributed by atoms with Crippen molar-refractivity contribution in [1.29, 1.82) is 0 Å². The first-order valence-electron chi connectivity index (χ1n) is 13.4. The molecule has 12 heteroatoms. The fourth-order valence-electron chi connectivity index (χ4n) is 4.43. The zero-order valence-corrected chi connectivity index (χ0v) is 23.1. The number of carbonyl (C=O) groups is 2. The monoisotopic (exact) mass is 551 g/mol. The second kappa shape index (κ2) is 13.9. The van der Waals surface area contributed by atoms with Gasteiger partial charge < -0.3 is 29.7 Å². The number of aryl methyl sites for hydroxylation is 1. The predicted molar refractivity (Wildman–Crippen MR) is 148 cm³/mol. The van der Waals surface area contributed by atoms with Gasteiger partial charge in [-0.15, -0.1) is 5.10 Å². The molecule has 0 fully saturated rings. The van der Waals surface area contributed by atoms with Gasteiger partial charge in [0.25, 0.3) is 0 Å². The van der Waals surface area contributed by atoms with Crippen LogP contribution in [0, 0.1) is 5.92 Å². The predicted octanol–water partition coefficient (Wildman–Crippen LogP) is 3.15. The van der Waals surface area contributed by atoms with Gasteiger partial charge in [-0.25, -0.2) is 9.78 Å². The van der Waals surface area contributed by atoms with E-state index in [2.05, 4.69) is 20.6 Å². The molecular weight excluding hydrogens is 514 g/mol. The van der Waals surface area contributed by atoms with Crippen LogP contribution >= 0.6 is 0 Å². The minimum Gasteiger partial charge on any atom is -0.439 e. The van der Waals surface area contributed by atoms with Crippen molar-refractivity contribution in [2.45, 2.75) is 52.0 Å². The quantitative estimate of drug-likeness (QED) is 0.457. The van der Waals surface area contributed by atoms with E-state index < -0.39 is 6.10 Å². The van der Waals surface area contributed by atoms with Crippen molar-refractivity contribution < 1.29 is 24.2 Å². The van der Waals surface area contributed by atoms with E-state index in [1.165, 1.54) is 0 Å². The summed E-state index contributed by atoms with van der Waals surface area (Å²) in [7, 11) is 1.69. The highest BCUT2D eigenvalue weighted by atomic mass is 16.5. The summed E-state index contributed by atoms with van der Waals surface area (Å²) in [5.41, 5.74) is 1.25. The van der Waals surface area contributed by atoms with Crippen molar-refractivity contribution in [1.82, 2.24) is 29.8 Å². The van der Waals surface area contributed by atoms with Crippen LogP contribution in [0.3, 0.4) is 0 Å². The molecule has 1 aromatic carbocycles. The molecule has 1 aliphatic heterocycles. The average molecular weight is 552 g/mol. The molecule has 3 heterocycles. The van der Waals surface area contributed by atoms with Gasteiger partial charge in [0.05, 0.1) is 31.6 Å². The number of ether oxygens (including phenoxy) is 2. The number of urea groups is 1. The van der Waals surface area contributed by atoms with Crippen molar-refractivity contribution in [2.24, 2.45) is 5.92 Å². The van der Waals surface area contributed by atoms with Crippen LogP contribution in [0.4, 0.5) is 10.5 Å². The zero-order valence-electron chi connectivity index (χ0n) is 23.1. The molecular formula is C28H37N7O5. The number of fused-ring (bicyclic) bond motifs is 2. The summed E-state index contributed by atoms with van der Waals surface area (Å²) in [6.07, 6.45) is 4.00. The van der Waals surface area contributed by atoms with E-state index in [-0.39, 0.29) is 43.7 Å². The van der Waals surface area contributed by atoms with Gasteiger partial charge in [0.2, 0.25) is 11.8 Å². The molecule has 0 unspecified atom stereocenters. The van der Waals surface area contributed by atoms with E-state index in [0.29, 0.717) is 48.9 Å². The van der Waals surface area contributed by atoms with Crippen molar-refractivity contribution in [3.8, 4) is 11.6 Å². The molecule has 0 spiro atoms. The van der Waals surface area contributed by atoms with Gasteiger partial charge in [0.1, 0.15) is 11.4 Å². The molecule has 3 aromatic rings. The second-order valence-electron chi connectivity index (χ2n) is 10.1. The minimum atomic E-state index is -0.415. The number of aromatic nitrogens is 4. The Labute approximate surface area is 233 Å². The molecule has 1 aliphatic rings. The summed E-state index contributed by atoms with van der Waals surface area (Å²) < 4.78 is 13.7. The second-order valence-corrected chi connectivity index (χ2v) is 10.1. The summed E-state index contributed by atoms with van der Waals surface area (Å²) in [6.45, 7) is 5.11. The van der Waals surface area contributed by atoms with E-state index in [9.17, 15) is 14.7 Å². The Kier molecular flexibility index (Phi) is 10.0. The lowest BCUT2D eigenvalue weighted by Crippen LogP contribution is -2.48. The number of aliphatic hydroxyl groups is 1. The summed E-state index contributed by atoms with van der Waals surface area (Å²) in [5, 5.41) is 21.0. The normalized spacial score (nSPS) is 19.1. The maximum atomic E-state index is 13.1. The third-order valence-corrected chi connectivity index (χ3v) is 6.79. The van der Waals surface area contributed by atoms with Gasteiger partial charge in [-0.2, -0.15) is 0 Å². The maximum absolute atomic E-state index is 13.1.